The first-order valence-electron chi connectivity index (χ1n) is 16.5. The molecule has 5 aromatic rings. The van der Waals surface area contributed by atoms with Gasteiger partial charge >= 0.3 is 0 Å². The highest BCUT2D eigenvalue weighted by atomic mass is 16.5. The molecule has 0 aliphatic carbocycles. The number of amides is 1. The summed E-state index contributed by atoms with van der Waals surface area (Å²) in [5, 5.41) is 8.82. The first-order chi connectivity index (χ1) is 23.0. The number of hydrogen-bond donors (Lipinski definition) is 0. The van der Waals surface area contributed by atoms with Crippen LogP contribution in [-0.4, -0.2) is 50.4 Å². The van der Waals surface area contributed by atoms with Crippen LogP contribution in [0.4, 0.5) is 11.4 Å². The van der Waals surface area contributed by atoms with Crippen LogP contribution >= 0.6 is 0 Å². The molecule has 0 fully saturated rings. The van der Waals surface area contributed by atoms with E-state index in [1.807, 2.05) is 42.5 Å². The zero-order chi connectivity index (χ0) is 32.7. The number of rotatable bonds is 9. The SMILES string of the molecule is CCN(CC)c1ccc2c(c1)Oc1cc(N(CC)CC)ccc1C21c2ccccc2C(=O)N1/N=C/c1c(OC)ccc2ccccc12. The van der Waals surface area contributed by atoms with E-state index in [9.17, 15) is 4.79 Å². The molecule has 2 aliphatic rings. The lowest BCUT2D eigenvalue weighted by Gasteiger charge is -2.42. The van der Waals surface area contributed by atoms with Crippen LogP contribution in [0.2, 0.25) is 0 Å². The molecule has 238 valence electrons. The average Bonchev–Trinajstić information content (AvgIpc) is 3.35. The van der Waals surface area contributed by atoms with Gasteiger partial charge in [0, 0.05) is 77.5 Å². The van der Waals surface area contributed by atoms with Crippen molar-refractivity contribution in [2.45, 2.75) is 33.2 Å². The van der Waals surface area contributed by atoms with E-state index in [0.717, 1.165) is 70.6 Å². The molecule has 0 radical (unpaired) electrons. The minimum atomic E-state index is -1.06. The second-order valence-electron chi connectivity index (χ2n) is 11.8. The van der Waals surface area contributed by atoms with Crippen LogP contribution in [0.3, 0.4) is 0 Å². The summed E-state index contributed by atoms with van der Waals surface area (Å²) < 4.78 is 12.6. The number of anilines is 2. The molecule has 0 atom stereocenters. The summed E-state index contributed by atoms with van der Waals surface area (Å²) in [6.07, 6.45) is 1.77. The van der Waals surface area contributed by atoms with E-state index in [1.54, 1.807) is 18.3 Å². The number of carbonyl (C=O) groups is 1. The van der Waals surface area contributed by atoms with Crippen molar-refractivity contribution in [3.8, 4) is 17.2 Å². The predicted molar refractivity (Wildman–Crippen MR) is 191 cm³/mol. The Morgan fingerprint density at radius 3 is 1.96 bits per heavy atom. The molecule has 47 heavy (non-hydrogen) atoms. The largest absolute Gasteiger partial charge is 0.496 e. The average molecular weight is 625 g/mol. The van der Waals surface area contributed by atoms with Gasteiger partial charge in [-0.2, -0.15) is 5.10 Å². The third-order valence-electron chi connectivity index (χ3n) is 9.70. The smallest absolute Gasteiger partial charge is 0.275 e. The minimum absolute atomic E-state index is 0.171. The third kappa shape index (κ3) is 4.63. The number of fused-ring (bicyclic) bond motifs is 7. The van der Waals surface area contributed by atoms with Crippen molar-refractivity contribution < 1.29 is 14.3 Å². The van der Waals surface area contributed by atoms with E-state index < -0.39 is 5.54 Å². The Morgan fingerprint density at radius 2 is 1.34 bits per heavy atom. The van der Waals surface area contributed by atoms with Crippen molar-refractivity contribution in [2.24, 2.45) is 5.10 Å². The summed E-state index contributed by atoms with van der Waals surface area (Å²) in [4.78, 5) is 19.2. The second kappa shape index (κ2) is 12.1. The van der Waals surface area contributed by atoms with E-state index in [2.05, 4.69) is 92.1 Å². The Labute approximate surface area is 276 Å². The van der Waals surface area contributed by atoms with Gasteiger partial charge in [0.25, 0.3) is 5.91 Å². The fourth-order valence-corrected chi connectivity index (χ4v) is 7.35. The molecule has 0 aromatic heterocycles. The zero-order valence-electron chi connectivity index (χ0n) is 27.7. The lowest BCUT2D eigenvalue weighted by atomic mass is 9.75. The summed E-state index contributed by atoms with van der Waals surface area (Å²) in [5.41, 5.74) is 5.13. The topological polar surface area (TPSA) is 57.6 Å². The van der Waals surface area contributed by atoms with E-state index in [0.29, 0.717) is 22.8 Å². The Kier molecular flexibility index (Phi) is 7.84. The Balaban J connectivity index is 1.51. The number of hydrogen-bond acceptors (Lipinski definition) is 6. The fourth-order valence-electron chi connectivity index (χ4n) is 7.35. The molecular formula is C40H40N4O3. The highest BCUT2D eigenvalue weighted by molar-refractivity contribution is 6.05. The lowest BCUT2D eigenvalue weighted by Crippen LogP contribution is -2.44. The van der Waals surface area contributed by atoms with Gasteiger partial charge in [-0.15, -0.1) is 0 Å². The molecule has 1 spiro atoms. The molecule has 7 nitrogen and oxygen atoms in total. The van der Waals surface area contributed by atoms with Crippen LogP contribution in [0, 0.1) is 0 Å². The van der Waals surface area contributed by atoms with Gasteiger partial charge in [0.1, 0.15) is 22.8 Å². The van der Waals surface area contributed by atoms with E-state index in [1.165, 1.54) is 0 Å². The van der Waals surface area contributed by atoms with Gasteiger partial charge < -0.3 is 19.3 Å². The molecule has 5 aromatic carbocycles. The second-order valence-corrected chi connectivity index (χ2v) is 11.8. The molecule has 1 amide bonds. The number of benzene rings is 5. The van der Waals surface area contributed by atoms with Gasteiger partial charge in [-0.05, 0) is 62.7 Å². The summed E-state index contributed by atoms with van der Waals surface area (Å²) in [6, 6.07) is 32.7. The summed E-state index contributed by atoms with van der Waals surface area (Å²) >= 11 is 0. The zero-order valence-corrected chi connectivity index (χ0v) is 27.7. The molecule has 0 N–H and O–H groups in total. The number of carbonyl (C=O) groups excluding carboxylic acids is 1. The first kappa shape index (κ1) is 30.4. The quantitative estimate of drug-likeness (QED) is 0.154. The van der Waals surface area contributed by atoms with Gasteiger partial charge in [-0.3, -0.25) is 4.79 Å². The molecule has 0 bridgehead atoms. The standard InChI is InChI=1S/C40H40N4O3/c1-6-42(7-2)28-19-21-34-37(24-28)47-38-25-29(43(8-3)9-4)20-22-35(38)40(34)33-17-13-12-16-31(33)39(45)44(40)41-26-32-30-15-11-10-14-27(30)18-23-36(32)46-5/h10-26H,6-9H2,1-5H3/b41-26+. The van der Waals surface area contributed by atoms with Gasteiger partial charge in [-0.1, -0.05) is 60.7 Å². The van der Waals surface area contributed by atoms with Crippen LogP contribution in [0.15, 0.2) is 102 Å². The number of ether oxygens (including phenoxy) is 2. The van der Waals surface area contributed by atoms with Gasteiger partial charge in [0.15, 0.2) is 0 Å². The molecule has 0 unspecified atom stereocenters. The van der Waals surface area contributed by atoms with Gasteiger partial charge in [-0.25, -0.2) is 5.01 Å². The molecular weight excluding hydrogens is 584 g/mol. The first-order valence-corrected chi connectivity index (χ1v) is 16.5. The molecule has 7 heteroatoms. The van der Waals surface area contributed by atoms with Crippen molar-refractivity contribution >= 4 is 34.3 Å². The Morgan fingerprint density at radius 1 is 0.745 bits per heavy atom. The summed E-state index contributed by atoms with van der Waals surface area (Å²) in [5.74, 6) is 1.94. The maximum absolute atomic E-state index is 14.6. The van der Waals surface area contributed by atoms with Crippen molar-refractivity contribution in [1.29, 1.82) is 0 Å². The Hall–Kier alpha value is -5.30. The highest BCUT2D eigenvalue weighted by Crippen LogP contribution is 2.58. The summed E-state index contributed by atoms with van der Waals surface area (Å²) in [6.45, 7) is 12.1. The molecule has 0 saturated carbocycles. The monoisotopic (exact) mass is 624 g/mol. The van der Waals surface area contributed by atoms with Crippen LogP contribution in [0.5, 0.6) is 17.2 Å². The third-order valence-corrected chi connectivity index (χ3v) is 9.70. The van der Waals surface area contributed by atoms with Crippen molar-refractivity contribution in [3.63, 3.8) is 0 Å². The Bertz CT molecular complexity index is 1950. The molecule has 2 heterocycles. The number of nitrogens with zero attached hydrogens (tertiary/aromatic N) is 4. The van der Waals surface area contributed by atoms with Crippen molar-refractivity contribution in [3.05, 3.63) is 125 Å². The van der Waals surface area contributed by atoms with Crippen LogP contribution in [-0.2, 0) is 5.54 Å². The molecule has 2 aliphatic heterocycles. The van der Waals surface area contributed by atoms with E-state index in [4.69, 9.17) is 14.6 Å². The lowest BCUT2D eigenvalue weighted by molar-refractivity contribution is 0.0675. The molecule has 7 rings (SSSR count). The maximum Gasteiger partial charge on any atom is 0.275 e. The van der Waals surface area contributed by atoms with E-state index >= 15 is 0 Å². The summed E-state index contributed by atoms with van der Waals surface area (Å²) in [7, 11) is 1.66. The van der Waals surface area contributed by atoms with E-state index in [-0.39, 0.29) is 5.91 Å². The highest BCUT2D eigenvalue weighted by Gasteiger charge is 2.57. The van der Waals surface area contributed by atoms with Crippen LogP contribution in [0.25, 0.3) is 10.8 Å². The maximum atomic E-state index is 14.6. The fraction of sp³-hybridized carbons (Fsp3) is 0.250. The number of methoxy groups -OCH3 is 1. The number of hydrazone groups is 1. The molecule has 0 saturated heterocycles. The predicted octanol–water partition coefficient (Wildman–Crippen LogP) is 8.43. The van der Waals surface area contributed by atoms with Crippen LogP contribution < -0.4 is 19.3 Å². The van der Waals surface area contributed by atoms with Crippen molar-refractivity contribution in [1.82, 2.24) is 5.01 Å². The van der Waals surface area contributed by atoms with Crippen molar-refractivity contribution in [2.75, 3.05) is 43.1 Å². The normalized spacial score (nSPS) is 14.2. The van der Waals surface area contributed by atoms with Gasteiger partial charge in [0.05, 0.1) is 13.3 Å². The van der Waals surface area contributed by atoms with Gasteiger partial charge in [0.2, 0.25) is 0 Å². The minimum Gasteiger partial charge on any atom is -0.496 e. The van der Waals surface area contributed by atoms with Crippen LogP contribution in [0.1, 0.15) is 60.3 Å².